The van der Waals surface area contributed by atoms with Crippen LogP contribution in [0.2, 0.25) is 5.02 Å². The van der Waals surface area contributed by atoms with E-state index in [1.807, 2.05) is 54.6 Å². The van der Waals surface area contributed by atoms with Gasteiger partial charge in [-0.3, -0.25) is 9.78 Å². The average molecular weight is 463 g/mol. The van der Waals surface area contributed by atoms with E-state index in [4.69, 9.17) is 11.6 Å². The van der Waals surface area contributed by atoms with Gasteiger partial charge in [0, 0.05) is 24.2 Å². The predicted molar refractivity (Wildman–Crippen MR) is 133 cm³/mol. The van der Waals surface area contributed by atoms with E-state index in [0.29, 0.717) is 26.8 Å². The lowest BCUT2D eigenvalue weighted by Crippen LogP contribution is -2.25. The van der Waals surface area contributed by atoms with Crippen LogP contribution in [0, 0.1) is 0 Å². The second-order valence-electron chi connectivity index (χ2n) is 8.09. The Kier molecular flexibility index (Phi) is 6.26. The number of pyridine rings is 1. The number of hydrogen-bond donors (Lipinski definition) is 2. The molecule has 1 aliphatic carbocycles. The molecule has 3 aromatic rings. The highest BCUT2D eigenvalue weighted by molar-refractivity contribution is 8.18. The molecular formula is C25H23ClN4OS. The summed E-state index contributed by atoms with van der Waals surface area (Å²) < 4.78 is 0. The minimum absolute atomic E-state index is 0.157. The van der Waals surface area contributed by atoms with Crippen LogP contribution < -0.4 is 10.6 Å². The molecule has 0 bridgehead atoms. The molecule has 1 saturated carbocycles. The summed E-state index contributed by atoms with van der Waals surface area (Å²) in [6, 6.07) is 16.3. The highest BCUT2D eigenvalue weighted by Gasteiger charge is 2.24. The summed E-state index contributed by atoms with van der Waals surface area (Å²) in [5, 5.41) is 8.60. The topological polar surface area (TPSA) is 66.4 Å². The van der Waals surface area contributed by atoms with Crippen LogP contribution in [0.25, 0.3) is 17.0 Å². The zero-order valence-corrected chi connectivity index (χ0v) is 19.0. The number of rotatable bonds is 5. The number of thioether (sulfide) groups is 1. The zero-order chi connectivity index (χ0) is 21.9. The number of aliphatic imine (C=N–C) groups is 1. The van der Waals surface area contributed by atoms with Gasteiger partial charge in [-0.1, -0.05) is 42.6 Å². The molecule has 0 spiro atoms. The van der Waals surface area contributed by atoms with Crippen molar-refractivity contribution in [3.63, 3.8) is 0 Å². The first-order valence-corrected chi connectivity index (χ1v) is 12.0. The fourth-order valence-electron chi connectivity index (χ4n) is 4.07. The lowest BCUT2D eigenvalue weighted by molar-refractivity contribution is -0.115. The Hall–Kier alpha value is -2.67. The SMILES string of the molecule is O=C1NC(=Nc2cc(CNC3CCCC3)ccc2Cl)SC1=Cc1ccc2ncccc2c1. The maximum Gasteiger partial charge on any atom is 0.264 e. The number of hydrogen-bond acceptors (Lipinski definition) is 5. The quantitative estimate of drug-likeness (QED) is 0.469. The van der Waals surface area contributed by atoms with Crippen LogP contribution >= 0.6 is 23.4 Å². The second kappa shape index (κ2) is 9.45. The molecule has 1 amide bonds. The number of nitrogens with one attached hydrogen (secondary N) is 2. The summed E-state index contributed by atoms with van der Waals surface area (Å²) in [6.07, 6.45) is 8.75. The van der Waals surface area contributed by atoms with Gasteiger partial charge < -0.3 is 10.6 Å². The number of carbonyl (C=O) groups is 1. The van der Waals surface area contributed by atoms with Crippen molar-refractivity contribution in [3.05, 3.63) is 75.8 Å². The van der Waals surface area contributed by atoms with E-state index in [1.54, 1.807) is 6.20 Å². The van der Waals surface area contributed by atoms with Crippen molar-refractivity contribution < 1.29 is 4.79 Å². The van der Waals surface area contributed by atoms with Crippen LogP contribution in [0.5, 0.6) is 0 Å². The fourth-order valence-corrected chi connectivity index (χ4v) is 5.07. The third kappa shape index (κ3) is 4.88. The normalized spacial score (nSPS) is 19.3. The van der Waals surface area contributed by atoms with Crippen LogP contribution in [-0.2, 0) is 11.3 Å². The first kappa shape index (κ1) is 21.2. The molecule has 32 heavy (non-hydrogen) atoms. The van der Waals surface area contributed by atoms with Gasteiger partial charge in [0.2, 0.25) is 0 Å². The molecule has 1 saturated heterocycles. The number of fused-ring (bicyclic) bond motifs is 1. The van der Waals surface area contributed by atoms with E-state index >= 15 is 0 Å². The van der Waals surface area contributed by atoms with E-state index in [2.05, 4.69) is 20.6 Å². The number of nitrogens with zero attached hydrogens (tertiary/aromatic N) is 2. The zero-order valence-electron chi connectivity index (χ0n) is 17.5. The van der Waals surface area contributed by atoms with E-state index in [0.717, 1.165) is 28.6 Å². The van der Waals surface area contributed by atoms with E-state index < -0.39 is 0 Å². The maximum absolute atomic E-state index is 12.5. The molecule has 2 N–H and O–H groups in total. The second-order valence-corrected chi connectivity index (χ2v) is 9.52. The van der Waals surface area contributed by atoms with Gasteiger partial charge in [0.05, 0.1) is 21.1 Å². The summed E-state index contributed by atoms with van der Waals surface area (Å²) >= 11 is 7.71. The summed E-state index contributed by atoms with van der Waals surface area (Å²) in [5.74, 6) is -0.157. The Bertz CT molecular complexity index is 1230. The minimum Gasteiger partial charge on any atom is -0.310 e. The van der Waals surface area contributed by atoms with Crippen molar-refractivity contribution in [3.8, 4) is 0 Å². The molecule has 162 valence electrons. The van der Waals surface area contributed by atoms with Gasteiger partial charge in [0.15, 0.2) is 5.17 Å². The molecule has 2 heterocycles. The Balaban J connectivity index is 1.33. The van der Waals surface area contributed by atoms with Crippen LogP contribution in [0.15, 0.2) is 64.6 Å². The lowest BCUT2D eigenvalue weighted by atomic mass is 10.1. The molecular weight excluding hydrogens is 440 g/mol. The van der Waals surface area contributed by atoms with Crippen LogP contribution in [0.3, 0.4) is 0 Å². The third-order valence-corrected chi connectivity index (χ3v) is 6.99. The summed E-state index contributed by atoms with van der Waals surface area (Å²) in [6.45, 7) is 0.793. The number of amides is 1. The van der Waals surface area contributed by atoms with Gasteiger partial charge in [-0.25, -0.2) is 4.99 Å². The molecule has 2 aromatic carbocycles. The molecule has 1 aliphatic heterocycles. The van der Waals surface area contributed by atoms with Crippen LogP contribution in [0.1, 0.15) is 36.8 Å². The minimum atomic E-state index is -0.157. The van der Waals surface area contributed by atoms with Crippen molar-refractivity contribution in [2.24, 2.45) is 4.99 Å². The monoisotopic (exact) mass is 462 g/mol. The number of benzene rings is 2. The molecule has 2 aliphatic rings. The Morgan fingerprint density at radius 1 is 1.19 bits per heavy atom. The van der Waals surface area contributed by atoms with Crippen molar-refractivity contribution in [2.45, 2.75) is 38.3 Å². The lowest BCUT2D eigenvalue weighted by Gasteiger charge is -2.12. The number of aromatic nitrogens is 1. The molecule has 1 aromatic heterocycles. The Morgan fingerprint density at radius 3 is 2.94 bits per heavy atom. The standard InChI is InChI=1S/C25H23ClN4OS/c26-20-9-7-17(15-28-19-5-1-2-6-19)13-22(20)29-25-30-24(31)23(32-25)14-16-8-10-21-18(12-16)4-3-11-27-21/h3-4,7-14,19,28H,1-2,5-6,15H2,(H,29,30,31). The van der Waals surface area contributed by atoms with Gasteiger partial charge in [0.25, 0.3) is 5.91 Å². The molecule has 2 fully saturated rings. The summed E-state index contributed by atoms with van der Waals surface area (Å²) in [7, 11) is 0. The van der Waals surface area contributed by atoms with Crippen molar-refractivity contribution in [1.82, 2.24) is 15.6 Å². The van der Waals surface area contributed by atoms with Crippen LogP contribution in [-0.4, -0.2) is 22.1 Å². The van der Waals surface area contributed by atoms with Crippen LogP contribution in [0.4, 0.5) is 5.69 Å². The molecule has 0 radical (unpaired) electrons. The van der Waals surface area contributed by atoms with E-state index in [-0.39, 0.29) is 5.91 Å². The fraction of sp³-hybridized carbons (Fsp3) is 0.240. The predicted octanol–water partition coefficient (Wildman–Crippen LogP) is 5.81. The summed E-state index contributed by atoms with van der Waals surface area (Å²) in [4.78, 5) is 22.1. The third-order valence-electron chi connectivity index (χ3n) is 5.76. The van der Waals surface area contributed by atoms with E-state index in [9.17, 15) is 4.79 Å². The number of carbonyl (C=O) groups excluding carboxylic acids is 1. The molecule has 7 heteroatoms. The smallest absolute Gasteiger partial charge is 0.264 e. The first-order chi connectivity index (χ1) is 15.6. The Labute approximate surface area is 196 Å². The maximum atomic E-state index is 12.5. The molecule has 5 nitrogen and oxygen atoms in total. The summed E-state index contributed by atoms with van der Waals surface area (Å²) in [5.41, 5.74) is 3.67. The highest BCUT2D eigenvalue weighted by atomic mass is 35.5. The largest absolute Gasteiger partial charge is 0.310 e. The molecule has 5 rings (SSSR count). The van der Waals surface area contributed by atoms with Crippen molar-refractivity contribution >= 4 is 57.1 Å². The van der Waals surface area contributed by atoms with Crippen molar-refractivity contribution in [1.29, 1.82) is 0 Å². The average Bonchev–Trinajstić information content (AvgIpc) is 3.44. The Morgan fingerprint density at radius 2 is 2.06 bits per heavy atom. The molecule has 0 atom stereocenters. The number of amidine groups is 1. The van der Waals surface area contributed by atoms with Crippen molar-refractivity contribution in [2.75, 3.05) is 0 Å². The van der Waals surface area contributed by atoms with Gasteiger partial charge >= 0.3 is 0 Å². The van der Waals surface area contributed by atoms with Gasteiger partial charge in [0.1, 0.15) is 0 Å². The highest BCUT2D eigenvalue weighted by Crippen LogP contribution is 2.32. The number of halogens is 1. The van der Waals surface area contributed by atoms with Gasteiger partial charge in [-0.05, 0) is 72.1 Å². The van der Waals surface area contributed by atoms with Gasteiger partial charge in [-0.2, -0.15) is 0 Å². The van der Waals surface area contributed by atoms with E-state index in [1.165, 1.54) is 37.4 Å². The first-order valence-electron chi connectivity index (χ1n) is 10.8. The van der Waals surface area contributed by atoms with Gasteiger partial charge in [-0.15, -0.1) is 0 Å². The molecule has 0 unspecified atom stereocenters.